The molecule has 0 bridgehead atoms. The Kier molecular flexibility index (Phi) is 11.8. The number of rotatable bonds is 10. The lowest BCUT2D eigenvalue weighted by molar-refractivity contribution is 0.229. The Morgan fingerprint density at radius 2 is 1.93 bits per heavy atom. The summed E-state index contributed by atoms with van der Waals surface area (Å²) in [5.41, 5.74) is 0. The Bertz CT molecular complexity index is 701. The molecule has 8 heteroatoms. The van der Waals surface area contributed by atoms with Crippen molar-refractivity contribution in [1.29, 1.82) is 0 Å². The van der Waals surface area contributed by atoms with Crippen molar-refractivity contribution in [3.63, 3.8) is 0 Å². The maximum absolute atomic E-state index is 5.89. The smallest absolute Gasteiger partial charge is 0.191 e. The first-order valence-electron chi connectivity index (χ1n) is 9.07. The van der Waals surface area contributed by atoms with Crippen molar-refractivity contribution in [3.05, 3.63) is 48.8 Å². The van der Waals surface area contributed by atoms with Crippen LogP contribution in [0.5, 0.6) is 17.2 Å². The normalized spacial score (nSPS) is 11.8. The molecule has 1 aromatic carbocycles. The van der Waals surface area contributed by atoms with E-state index in [1.165, 1.54) is 0 Å². The van der Waals surface area contributed by atoms with Crippen LogP contribution in [-0.2, 0) is 0 Å². The molecule has 1 atom stereocenters. The van der Waals surface area contributed by atoms with E-state index in [0.717, 1.165) is 29.8 Å². The molecular formula is C20H29IN4O3. The molecule has 0 fully saturated rings. The number of guanidine groups is 1. The van der Waals surface area contributed by atoms with E-state index in [4.69, 9.17) is 14.2 Å². The first-order chi connectivity index (χ1) is 13.2. The van der Waals surface area contributed by atoms with Gasteiger partial charge in [-0.1, -0.05) is 6.07 Å². The lowest BCUT2D eigenvalue weighted by Gasteiger charge is -2.15. The van der Waals surface area contributed by atoms with Gasteiger partial charge in [-0.3, -0.25) is 4.98 Å². The number of benzene rings is 1. The molecule has 7 nitrogen and oxygen atoms in total. The molecule has 1 aromatic heterocycles. The third-order valence-electron chi connectivity index (χ3n) is 3.53. The second-order valence-electron chi connectivity index (χ2n) is 5.79. The molecule has 0 aliphatic heterocycles. The molecule has 28 heavy (non-hydrogen) atoms. The minimum Gasteiger partial charge on any atom is -0.497 e. The van der Waals surface area contributed by atoms with Gasteiger partial charge in [-0.25, -0.2) is 4.99 Å². The number of ether oxygens (including phenoxy) is 3. The Hall–Kier alpha value is -2.23. The quantitative estimate of drug-likeness (QED) is 0.226. The summed E-state index contributed by atoms with van der Waals surface area (Å²) in [7, 11) is 1.64. The number of aliphatic imine (C=N–C) groups is 1. The number of hydrogen-bond donors (Lipinski definition) is 2. The van der Waals surface area contributed by atoms with E-state index in [1.807, 2.05) is 50.2 Å². The van der Waals surface area contributed by atoms with Crippen LogP contribution in [0.15, 0.2) is 53.8 Å². The number of pyridine rings is 1. The van der Waals surface area contributed by atoms with Crippen LogP contribution in [0.4, 0.5) is 0 Å². The minimum atomic E-state index is -0.0702. The molecule has 154 valence electrons. The topological polar surface area (TPSA) is 77.0 Å². The maximum Gasteiger partial charge on any atom is 0.191 e. The van der Waals surface area contributed by atoms with Crippen molar-refractivity contribution in [2.24, 2.45) is 4.99 Å². The SMILES string of the molecule is CCNC(=NCC(C)Oc1cccc(OC)c1)NCCOc1cccnc1.I. The van der Waals surface area contributed by atoms with Gasteiger partial charge < -0.3 is 24.8 Å². The van der Waals surface area contributed by atoms with Gasteiger partial charge >= 0.3 is 0 Å². The number of aromatic nitrogens is 1. The molecular weight excluding hydrogens is 471 g/mol. The van der Waals surface area contributed by atoms with Crippen molar-refractivity contribution in [3.8, 4) is 17.2 Å². The molecule has 2 N–H and O–H groups in total. The van der Waals surface area contributed by atoms with Gasteiger partial charge in [0.1, 0.15) is 30.0 Å². The van der Waals surface area contributed by atoms with E-state index in [1.54, 1.807) is 19.5 Å². The van der Waals surface area contributed by atoms with Crippen molar-refractivity contribution >= 4 is 29.9 Å². The Balaban J connectivity index is 0.00000392. The molecule has 0 radical (unpaired) electrons. The highest BCUT2D eigenvalue weighted by Gasteiger charge is 2.06. The third-order valence-corrected chi connectivity index (χ3v) is 3.53. The average molecular weight is 500 g/mol. The van der Waals surface area contributed by atoms with Gasteiger partial charge in [0.15, 0.2) is 5.96 Å². The lowest BCUT2D eigenvalue weighted by atomic mass is 10.3. The molecule has 0 aliphatic rings. The Morgan fingerprint density at radius 3 is 2.64 bits per heavy atom. The van der Waals surface area contributed by atoms with Crippen LogP contribution in [0.25, 0.3) is 0 Å². The lowest BCUT2D eigenvalue weighted by Crippen LogP contribution is -2.40. The van der Waals surface area contributed by atoms with Crippen molar-refractivity contribution in [2.45, 2.75) is 20.0 Å². The van der Waals surface area contributed by atoms with E-state index < -0.39 is 0 Å². The highest BCUT2D eigenvalue weighted by atomic mass is 127. The highest BCUT2D eigenvalue weighted by molar-refractivity contribution is 14.0. The number of nitrogens with one attached hydrogen (secondary N) is 2. The molecule has 1 heterocycles. The second-order valence-corrected chi connectivity index (χ2v) is 5.79. The zero-order chi connectivity index (χ0) is 19.3. The average Bonchev–Trinajstić information content (AvgIpc) is 2.70. The predicted molar refractivity (Wildman–Crippen MR) is 122 cm³/mol. The summed E-state index contributed by atoms with van der Waals surface area (Å²) < 4.78 is 16.7. The number of nitrogens with zero attached hydrogens (tertiary/aromatic N) is 2. The van der Waals surface area contributed by atoms with Gasteiger partial charge in [0.05, 0.1) is 26.4 Å². The van der Waals surface area contributed by atoms with Gasteiger partial charge in [0.2, 0.25) is 0 Å². The first-order valence-corrected chi connectivity index (χ1v) is 9.07. The molecule has 0 aliphatic carbocycles. The molecule has 1 unspecified atom stereocenters. The molecule has 2 rings (SSSR count). The third kappa shape index (κ3) is 9.12. The molecule has 0 amide bonds. The van der Waals surface area contributed by atoms with Crippen molar-refractivity contribution < 1.29 is 14.2 Å². The minimum absolute atomic E-state index is 0. The zero-order valence-electron chi connectivity index (χ0n) is 16.6. The van der Waals surface area contributed by atoms with Gasteiger partial charge in [0.25, 0.3) is 0 Å². The van der Waals surface area contributed by atoms with Crippen LogP contribution in [0.3, 0.4) is 0 Å². The monoisotopic (exact) mass is 500 g/mol. The molecule has 0 spiro atoms. The van der Waals surface area contributed by atoms with E-state index in [0.29, 0.717) is 19.7 Å². The summed E-state index contributed by atoms with van der Waals surface area (Å²) >= 11 is 0. The number of methoxy groups -OCH3 is 1. The summed E-state index contributed by atoms with van der Waals surface area (Å²) in [6, 6.07) is 11.3. The summed E-state index contributed by atoms with van der Waals surface area (Å²) in [5, 5.41) is 6.46. The maximum atomic E-state index is 5.89. The fraction of sp³-hybridized carbons (Fsp3) is 0.400. The fourth-order valence-electron chi connectivity index (χ4n) is 2.28. The van der Waals surface area contributed by atoms with E-state index >= 15 is 0 Å². The first kappa shape index (κ1) is 23.8. The van der Waals surface area contributed by atoms with Crippen LogP contribution < -0.4 is 24.8 Å². The summed E-state index contributed by atoms with van der Waals surface area (Å²) in [4.78, 5) is 8.59. The van der Waals surface area contributed by atoms with Crippen molar-refractivity contribution in [1.82, 2.24) is 15.6 Å². The van der Waals surface area contributed by atoms with E-state index in [2.05, 4.69) is 20.6 Å². The summed E-state index contributed by atoms with van der Waals surface area (Å²) in [5.74, 6) is 3.02. The Morgan fingerprint density at radius 1 is 1.14 bits per heavy atom. The van der Waals surface area contributed by atoms with Gasteiger partial charge in [-0.05, 0) is 38.1 Å². The highest BCUT2D eigenvalue weighted by Crippen LogP contribution is 2.19. The second kappa shape index (κ2) is 13.9. The van der Waals surface area contributed by atoms with E-state index in [9.17, 15) is 0 Å². The predicted octanol–water partition coefficient (Wildman–Crippen LogP) is 3.11. The molecule has 0 saturated carbocycles. The van der Waals surface area contributed by atoms with Crippen LogP contribution in [0, 0.1) is 0 Å². The summed E-state index contributed by atoms with van der Waals surface area (Å²) in [6.07, 6.45) is 3.34. The van der Waals surface area contributed by atoms with E-state index in [-0.39, 0.29) is 30.1 Å². The van der Waals surface area contributed by atoms with Gasteiger partial charge in [-0.15, -0.1) is 24.0 Å². The molecule has 0 saturated heterocycles. The van der Waals surface area contributed by atoms with Gasteiger partial charge in [0, 0.05) is 18.8 Å². The number of hydrogen-bond acceptors (Lipinski definition) is 5. The number of halogens is 1. The summed E-state index contributed by atoms with van der Waals surface area (Å²) in [6.45, 7) is 6.46. The Labute approximate surface area is 183 Å². The van der Waals surface area contributed by atoms with Crippen LogP contribution in [0.1, 0.15) is 13.8 Å². The van der Waals surface area contributed by atoms with Crippen molar-refractivity contribution in [2.75, 3.05) is 33.4 Å². The molecule has 2 aromatic rings. The largest absolute Gasteiger partial charge is 0.497 e. The van der Waals surface area contributed by atoms with Crippen LogP contribution >= 0.6 is 24.0 Å². The van der Waals surface area contributed by atoms with Crippen LogP contribution in [-0.4, -0.2) is 50.4 Å². The van der Waals surface area contributed by atoms with Gasteiger partial charge in [-0.2, -0.15) is 0 Å². The van der Waals surface area contributed by atoms with Crippen LogP contribution in [0.2, 0.25) is 0 Å². The zero-order valence-corrected chi connectivity index (χ0v) is 18.9. The fourth-order valence-corrected chi connectivity index (χ4v) is 2.28. The standard InChI is InChI=1S/C20H28N4O3.HI/c1-4-22-20(23-11-12-26-19-9-6-10-21-15-19)24-14-16(2)27-18-8-5-7-17(13-18)25-3;/h5-10,13,15-16H,4,11-12,14H2,1-3H3,(H2,22,23,24);1H.